The molecule has 3 aromatic rings. The first kappa shape index (κ1) is 37.9. The van der Waals surface area contributed by atoms with E-state index in [0.29, 0.717) is 38.2 Å². The summed E-state index contributed by atoms with van der Waals surface area (Å²) in [6, 6.07) is 13.2. The molecular weight excluding hydrogens is 633 g/mol. The topological polar surface area (TPSA) is 130 Å². The van der Waals surface area contributed by atoms with Crippen LogP contribution in [0.4, 0.5) is 5.69 Å². The van der Waals surface area contributed by atoms with E-state index in [4.69, 9.17) is 79.3 Å². The molecule has 2 heterocycles. The van der Waals surface area contributed by atoms with Gasteiger partial charge in [0.2, 0.25) is 11.5 Å². The first-order valence-electron chi connectivity index (χ1n) is 10.6. The molecular formula is C26H25Cl5KN4O3+. The summed E-state index contributed by atoms with van der Waals surface area (Å²) >= 11 is 28.0. The maximum absolute atomic E-state index is 10.1. The van der Waals surface area contributed by atoms with Gasteiger partial charge < -0.3 is 26.4 Å². The van der Waals surface area contributed by atoms with Gasteiger partial charge in [0.15, 0.2) is 0 Å². The van der Waals surface area contributed by atoms with Crippen molar-refractivity contribution in [2.24, 2.45) is 5.73 Å². The van der Waals surface area contributed by atoms with Crippen molar-refractivity contribution in [3.05, 3.63) is 110 Å². The van der Waals surface area contributed by atoms with Gasteiger partial charge in [0, 0.05) is 22.8 Å². The van der Waals surface area contributed by atoms with E-state index in [1.165, 1.54) is 24.3 Å². The predicted octanol–water partition coefficient (Wildman–Crippen LogP) is 4.60. The second kappa shape index (κ2) is 19.1. The van der Waals surface area contributed by atoms with E-state index in [1.807, 2.05) is 0 Å². The first-order valence-corrected chi connectivity index (χ1v) is 12.5. The summed E-state index contributed by atoms with van der Waals surface area (Å²) in [5.41, 5.74) is 11.3. The van der Waals surface area contributed by atoms with E-state index >= 15 is 0 Å². The van der Waals surface area contributed by atoms with Crippen molar-refractivity contribution >= 4 is 63.7 Å². The quantitative estimate of drug-likeness (QED) is 0.159. The maximum Gasteiger partial charge on any atom is 1.00 e. The van der Waals surface area contributed by atoms with Gasteiger partial charge in [0.05, 0.1) is 18.2 Å². The molecule has 0 saturated carbocycles. The van der Waals surface area contributed by atoms with Crippen molar-refractivity contribution in [3.63, 3.8) is 0 Å². The third-order valence-corrected chi connectivity index (χ3v) is 4.39. The van der Waals surface area contributed by atoms with Crippen molar-refractivity contribution in [1.29, 1.82) is 0 Å². The summed E-state index contributed by atoms with van der Waals surface area (Å²) in [6.07, 6.45) is 7.17. The Kier molecular flexibility index (Phi) is 18.6. The number of nitrogen functional groups attached to an aromatic ring is 1. The predicted molar refractivity (Wildman–Crippen MR) is 155 cm³/mol. The van der Waals surface area contributed by atoms with Crippen LogP contribution in [0.1, 0.15) is 20.8 Å². The molecule has 0 fully saturated rings. The molecule has 0 amide bonds. The minimum absolute atomic E-state index is 0. The van der Waals surface area contributed by atoms with E-state index in [1.54, 1.807) is 63.2 Å². The number of rotatable bonds is 2. The molecule has 0 unspecified atom stereocenters. The summed E-state index contributed by atoms with van der Waals surface area (Å²) in [4.78, 5) is 7.50. The fraction of sp³-hybridized carbons (Fsp3) is 0.154. The Morgan fingerprint density at radius 3 is 1.59 bits per heavy atom. The van der Waals surface area contributed by atoms with Crippen molar-refractivity contribution in [2.75, 3.05) is 5.73 Å². The molecule has 13 heteroatoms. The number of nitrogens with zero attached hydrogens (tertiary/aromatic N) is 2. The van der Waals surface area contributed by atoms with Crippen LogP contribution in [0.15, 0.2) is 78.2 Å². The van der Waals surface area contributed by atoms with Gasteiger partial charge in [0.25, 0.3) is 0 Å². The number of aliphatic hydroxyl groups excluding tert-OH is 1. The third-order valence-electron chi connectivity index (χ3n) is 3.40. The van der Waals surface area contributed by atoms with Crippen molar-refractivity contribution in [1.82, 2.24) is 9.97 Å². The van der Waals surface area contributed by atoms with E-state index in [2.05, 4.69) is 16.0 Å². The molecule has 0 saturated heterocycles. The minimum atomic E-state index is -0.750. The van der Waals surface area contributed by atoms with E-state index in [9.17, 15) is 5.11 Å². The van der Waals surface area contributed by atoms with Gasteiger partial charge in [-0.05, 0) is 36.4 Å². The molecule has 7 nitrogen and oxygen atoms in total. The van der Waals surface area contributed by atoms with Gasteiger partial charge in [0.1, 0.15) is 38.2 Å². The zero-order chi connectivity index (χ0) is 28.9. The molecule has 202 valence electrons. The van der Waals surface area contributed by atoms with Gasteiger partial charge in [-0.15, -0.1) is 5.60 Å². The number of nitrogens with two attached hydrogens (primary N) is 2. The van der Waals surface area contributed by atoms with Gasteiger partial charge in [-0.2, -0.15) is 0 Å². The van der Waals surface area contributed by atoms with Crippen LogP contribution >= 0.6 is 58.0 Å². The molecule has 4 rings (SSSR count). The molecule has 0 radical (unpaired) electrons. The Hall–Kier alpha value is -1.10. The van der Waals surface area contributed by atoms with Crippen LogP contribution in [0.25, 0.3) is 0 Å². The number of anilines is 1. The van der Waals surface area contributed by atoms with Crippen LogP contribution in [0, 0.1) is 6.08 Å². The second-order valence-corrected chi connectivity index (χ2v) is 10.2. The number of aliphatic hydroxyl groups is 1. The summed E-state index contributed by atoms with van der Waals surface area (Å²) in [5.74, 6) is 1.39. The van der Waals surface area contributed by atoms with Gasteiger partial charge in [-0.3, -0.25) is 0 Å². The molecule has 1 aliphatic carbocycles. The van der Waals surface area contributed by atoms with Crippen molar-refractivity contribution in [2.45, 2.75) is 26.4 Å². The monoisotopic (exact) mass is 655 g/mol. The smallest absolute Gasteiger partial charge is 0.850 e. The number of pyridine rings is 2. The van der Waals surface area contributed by atoms with Crippen molar-refractivity contribution < 1.29 is 66.3 Å². The van der Waals surface area contributed by atoms with Crippen molar-refractivity contribution in [3.8, 4) is 11.5 Å². The molecule has 1 aliphatic rings. The van der Waals surface area contributed by atoms with Crippen LogP contribution < -0.4 is 72.7 Å². The standard InChI is InChI=1S/C11H8Cl2N2O.C6H5NO.C5H2Cl3N.C4H9O.K/c12-10-5-9(6-11(13)15-10)16-8-3-1-7(14)2-4-8;7-5-1-3-6(8)4-2-5;6-3-1-4(7)9-5(8)2-3;1-4(2,3)5;/h1-6H,14H2;1,3-4H,7H2;1-2H;1-3H3;/q;;;-1;+1/p+1. The number of aromatic nitrogens is 2. The molecule has 5 N–H and O–H groups in total. The molecule has 39 heavy (non-hydrogen) atoms. The van der Waals surface area contributed by atoms with E-state index < -0.39 is 5.60 Å². The number of benzene rings is 1. The summed E-state index contributed by atoms with van der Waals surface area (Å²) in [6.45, 7) is 4.90. The Bertz CT molecular complexity index is 1180. The first-order chi connectivity index (χ1) is 17.6. The third kappa shape index (κ3) is 20.4. The Balaban J connectivity index is 0.000000538. The zero-order valence-electron chi connectivity index (χ0n) is 21.6. The fourth-order valence-corrected chi connectivity index (χ4v) is 3.26. The van der Waals surface area contributed by atoms with Crippen LogP contribution in [0.3, 0.4) is 0 Å². The SMILES string of the molecule is CC(C)(C)[O-].Clc1cc(Cl)nc(Cl)c1.NC1=[C+]C=C(O)C=C1.Nc1ccc(Oc2cc(Cl)nc(Cl)c2)cc1.[K+]. The van der Waals surface area contributed by atoms with Gasteiger partial charge >= 0.3 is 51.4 Å². The Labute approximate surface area is 295 Å². The zero-order valence-corrected chi connectivity index (χ0v) is 28.5. The number of allylic oxidation sites excluding steroid dienone is 4. The second-order valence-electron chi connectivity index (χ2n) is 8.16. The fourth-order valence-electron chi connectivity index (χ4n) is 2.04. The van der Waals surface area contributed by atoms with Crippen LogP contribution in [-0.4, -0.2) is 20.7 Å². The molecule has 0 aliphatic heterocycles. The van der Waals surface area contributed by atoms with Crippen LogP contribution in [0.5, 0.6) is 11.5 Å². The molecule has 0 atom stereocenters. The van der Waals surface area contributed by atoms with E-state index in [0.717, 1.165) is 0 Å². The number of ether oxygens (including phenoxy) is 1. The summed E-state index contributed by atoms with van der Waals surface area (Å²) in [5, 5.41) is 20.5. The molecule has 2 aromatic heterocycles. The molecule has 0 bridgehead atoms. The number of halogens is 5. The Morgan fingerprint density at radius 2 is 1.23 bits per heavy atom. The van der Waals surface area contributed by atoms with Crippen LogP contribution in [-0.2, 0) is 0 Å². The maximum atomic E-state index is 10.1. The van der Waals surface area contributed by atoms with Gasteiger partial charge in [-0.1, -0.05) is 78.8 Å². The Morgan fingerprint density at radius 1 is 0.795 bits per heavy atom. The summed E-state index contributed by atoms with van der Waals surface area (Å²) in [7, 11) is 0. The van der Waals surface area contributed by atoms with E-state index in [-0.39, 0.29) is 67.4 Å². The minimum Gasteiger partial charge on any atom is -0.850 e. The van der Waals surface area contributed by atoms with Gasteiger partial charge in [-0.25, -0.2) is 9.97 Å². The molecule has 0 spiro atoms. The normalized spacial score (nSPS) is 11.3. The average Bonchev–Trinajstić information content (AvgIpc) is 2.76. The number of hydrogen-bond acceptors (Lipinski definition) is 7. The van der Waals surface area contributed by atoms with Crippen LogP contribution in [0.2, 0.25) is 25.6 Å². The largest absolute Gasteiger partial charge is 1.00 e. The molecule has 1 aromatic carbocycles. The average molecular weight is 658 g/mol. The summed E-state index contributed by atoms with van der Waals surface area (Å²) < 4.78 is 5.53. The number of hydrogen-bond donors (Lipinski definition) is 3.